The van der Waals surface area contributed by atoms with Gasteiger partial charge in [0.1, 0.15) is 13.2 Å². The van der Waals surface area contributed by atoms with Crippen molar-refractivity contribution >= 4 is 23.8 Å². The van der Waals surface area contributed by atoms with Gasteiger partial charge >= 0.3 is 17.9 Å². The summed E-state index contributed by atoms with van der Waals surface area (Å²) in [5, 5.41) is 8.28. The van der Waals surface area contributed by atoms with E-state index >= 15 is 0 Å². The van der Waals surface area contributed by atoms with Gasteiger partial charge < -0.3 is 19.5 Å². The van der Waals surface area contributed by atoms with E-state index in [1.54, 1.807) is 6.92 Å². The molecule has 20 heavy (non-hydrogen) atoms. The molecule has 0 saturated heterocycles. The molecule has 0 saturated carbocycles. The first-order valence-corrected chi connectivity index (χ1v) is 5.84. The summed E-state index contributed by atoms with van der Waals surface area (Å²) >= 11 is 0. The van der Waals surface area contributed by atoms with Crippen molar-refractivity contribution in [2.75, 3.05) is 26.8 Å². The highest BCUT2D eigenvalue weighted by molar-refractivity contribution is 5.90. The van der Waals surface area contributed by atoms with Crippen LogP contribution in [0.1, 0.15) is 13.3 Å². The molecule has 0 rings (SSSR count). The Bertz CT molecular complexity index is 403. The molecule has 1 amide bonds. The zero-order valence-corrected chi connectivity index (χ0v) is 11.3. The molecule has 0 unspecified atom stereocenters. The minimum absolute atomic E-state index is 0.109. The second-order valence-corrected chi connectivity index (χ2v) is 3.64. The molecular weight excluding hydrogens is 270 g/mol. The van der Waals surface area contributed by atoms with Gasteiger partial charge in [0.15, 0.2) is 0 Å². The van der Waals surface area contributed by atoms with E-state index in [-0.39, 0.29) is 26.2 Å². The summed E-state index contributed by atoms with van der Waals surface area (Å²) in [7, 11) is 1.42. The van der Waals surface area contributed by atoms with Crippen molar-refractivity contribution in [1.82, 2.24) is 4.90 Å². The molecule has 112 valence electrons. The minimum atomic E-state index is -1.27. The zero-order chi connectivity index (χ0) is 15.5. The summed E-state index contributed by atoms with van der Waals surface area (Å²) in [6, 6.07) is 0. The van der Waals surface area contributed by atoms with Gasteiger partial charge in [-0.2, -0.15) is 0 Å². The molecule has 0 bridgehead atoms. The molecule has 1 N–H and O–H groups in total. The largest absolute Gasteiger partial charge is 0.478 e. The number of hydrogen-bond donors (Lipinski definition) is 1. The quantitative estimate of drug-likeness (QED) is 0.477. The highest BCUT2D eigenvalue weighted by Crippen LogP contribution is 1.94. The van der Waals surface area contributed by atoms with Gasteiger partial charge in [-0.1, -0.05) is 0 Å². The number of hydrogen-bond acceptors (Lipinski definition) is 6. The molecule has 0 aliphatic rings. The lowest BCUT2D eigenvalue weighted by Crippen LogP contribution is -2.33. The topological polar surface area (TPSA) is 110 Å². The number of nitrogens with zero attached hydrogens (tertiary/aromatic N) is 1. The van der Waals surface area contributed by atoms with Crippen LogP contribution in [0.4, 0.5) is 0 Å². The van der Waals surface area contributed by atoms with Crippen LogP contribution in [-0.2, 0) is 28.7 Å². The van der Waals surface area contributed by atoms with Crippen molar-refractivity contribution in [2.45, 2.75) is 13.3 Å². The predicted molar refractivity (Wildman–Crippen MR) is 66.6 cm³/mol. The fourth-order valence-electron chi connectivity index (χ4n) is 1.11. The van der Waals surface area contributed by atoms with Crippen molar-refractivity contribution in [1.29, 1.82) is 0 Å². The summed E-state index contributed by atoms with van der Waals surface area (Å²) in [5.41, 5.74) is 0. The maximum Gasteiger partial charge on any atom is 0.331 e. The summed E-state index contributed by atoms with van der Waals surface area (Å²) in [6.07, 6.45) is 1.27. The lowest BCUT2D eigenvalue weighted by atomic mass is 10.4. The van der Waals surface area contributed by atoms with E-state index in [9.17, 15) is 19.2 Å². The van der Waals surface area contributed by atoms with Gasteiger partial charge in [-0.3, -0.25) is 9.59 Å². The first kappa shape index (κ1) is 17.6. The number of ether oxygens (including phenoxy) is 2. The van der Waals surface area contributed by atoms with Gasteiger partial charge in [-0.25, -0.2) is 9.59 Å². The molecule has 8 heteroatoms. The van der Waals surface area contributed by atoms with Crippen LogP contribution in [0.3, 0.4) is 0 Å². The number of aliphatic carboxylic acids is 1. The van der Waals surface area contributed by atoms with E-state index in [1.165, 1.54) is 7.05 Å². The fourth-order valence-corrected chi connectivity index (χ4v) is 1.11. The van der Waals surface area contributed by atoms with Gasteiger partial charge in [0.2, 0.25) is 5.91 Å². The first-order chi connectivity index (χ1) is 9.36. The molecule has 0 aliphatic carbocycles. The third-order valence-electron chi connectivity index (χ3n) is 2.02. The van der Waals surface area contributed by atoms with Crippen LogP contribution < -0.4 is 0 Å². The van der Waals surface area contributed by atoms with E-state index in [1.807, 2.05) is 0 Å². The standard InChI is InChI=1S/C12H17NO7/c1-3-19-12(18)8-13(2)9(14)6-7-20-11(17)5-4-10(15)16/h4-5H,3,6-8H2,1-2H3,(H,15,16)/b5-4+. The lowest BCUT2D eigenvalue weighted by Gasteiger charge is -2.15. The average Bonchev–Trinajstić information content (AvgIpc) is 2.36. The summed E-state index contributed by atoms with van der Waals surface area (Å²) in [4.78, 5) is 44.9. The summed E-state index contributed by atoms with van der Waals surface area (Å²) in [6.45, 7) is 1.51. The van der Waals surface area contributed by atoms with Crippen LogP contribution in [0.2, 0.25) is 0 Å². The smallest absolute Gasteiger partial charge is 0.331 e. The average molecular weight is 287 g/mol. The van der Waals surface area contributed by atoms with Crippen LogP contribution in [0, 0.1) is 0 Å². The summed E-state index contributed by atoms with van der Waals surface area (Å²) in [5.74, 6) is -3.04. The summed E-state index contributed by atoms with van der Waals surface area (Å²) < 4.78 is 9.29. The van der Waals surface area contributed by atoms with E-state index in [0.29, 0.717) is 6.08 Å². The normalized spacial score (nSPS) is 10.1. The van der Waals surface area contributed by atoms with E-state index in [4.69, 9.17) is 5.11 Å². The van der Waals surface area contributed by atoms with Crippen LogP contribution in [-0.4, -0.2) is 60.6 Å². The number of amides is 1. The van der Waals surface area contributed by atoms with Crippen LogP contribution in [0.5, 0.6) is 0 Å². The molecular formula is C12H17NO7. The van der Waals surface area contributed by atoms with Crippen molar-refractivity contribution in [3.8, 4) is 0 Å². The Morgan fingerprint density at radius 3 is 2.35 bits per heavy atom. The van der Waals surface area contributed by atoms with Crippen LogP contribution in [0.25, 0.3) is 0 Å². The van der Waals surface area contributed by atoms with Crippen LogP contribution >= 0.6 is 0 Å². The van der Waals surface area contributed by atoms with Crippen molar-refractivity contribution in [2.24, 2.45) is 0 Å². The lowest BCUT2D eigenvalue weighted by molar-refractivity contribution is -0.149. The van der Waals surface area contributed by atoms with Gasteiger partial charge in [0, 0.05) is 19.2 Å². The number of esters is 2. The highest BCUT2D eigenvalue weighted by atomic mass is 16.5. The number of carboxylic acid groups (broad SMARTS) is 1. The molecule has 0 fully saturated rings. The molecule has 0 radical (unpaired) electrons. The Hall–Kier alpha value is -2.38. The van der Waals surface area contributed by atoms with E-state index in [2.05, 4.69) is 9.47 Å². The predicted octanol–water partition coefficient (Wildman–Crippen LogP) is -0.418. The molecule has 0 aromatic rings. The van der Waals surface area contributed by atoms with Crippen LogP contribution in [0.15, 0.2) is 12.2 Å². The monoisotopic (exact) mass is 287 g/mol. The Labute approximate surface area is 115 Å². The number of rotatable bonds is 8. The molecule has 0 aromatic heterocycles. The maximum atomic E-state index is 11.5. The Morgan fingerprint density at radius 1 is 1.15 bits per heavy atom. The van der Waals surface area contributed by atoms with Crippen molar-refractivity contribution < 1.29 is 33.8 Å². The highest BCUT2D eigenvalue weighted by Gasteiger charge is 2.13. The molecule has 0 aromatic carbocycles. The van der Waals surface area contributed by atoms with Gasteiger partial charge in [0.25, 0.3) is 0 Å². The van der Waals surface area contributed by atoms with Gasteiger partial charge in [-0.15, -0.1) is 0 Å². The first-order valence-electron chi connectivity index (χ1n) is 5.84. The third-order valence-corrected chi connectivity index (χ3v) is 2.02. The second kappa shape index (κ2) is 9.54. The number of carbonyl (C=O) groups excluding carboxylic acids is 3. The third kappa shape index (κ3) is 8.67. The Balaban J connectivity index is 3.95. The van der Waals surface area contributed by atoms with Gasteiger partial charge in [0.05, 0.1) is 13.0 Å². The maximum absolute atomic E-state index is 11.5. The second-order valence-electron chi connectivity index (χ2n) is 3.64. The molecule has 0 aliphatic heterocycles. The molecule has 8 nitrogen and oxygen atoms in total. The number of likely N-dealkylation sites (N-methyl/N-ethyl adjacent to an activating group) is 1. The minimum Gasteiger partial charge on any atom is -0.478 e. The Kier molecular flexibility index (Phi) is 8.40. The number of carboxylic acids is 1. The van der Waals surface area contributed by atoms with E-state index in [0.717, 1.165) is 11.0 Å². The number of carbonyl (C=O) groups is 4. The van der Waals surface area contributed by atoms with Crippen molar-refractivity contribution in [3.05, 3.63) is 12.2 Å². The van der Waals surface area contributed by atoms with Crippen molar-refractivity contribution in [3.63, 3.8) is 0 Å². The zero-order valence-electron chi connectivity index (χ0n) is 11.3. The molecule has 0 atom stereocenters. The van der Waals surface area contributed by atoms with E-state index < -0.39 is 23.8 Å². The fraction of sp³-hybridized carbons (Fsp3) is 0.500. The van der Waals surface area contributed by atoms with Gasteiger partial charge in [-0.05, 0) is 6.92 Å². The molecule has 0 heterocycles. The molecule has 0 spiro atoms. The Morgan fingerprint density at radius 2 is 1.80 bits per heavy atom. The SMILES string of the molecule is CCOC(=O)CN(C)C(=O)CCOC(=O)/C=C/C(=O)O.